The average molecular weight is 347 g/mol. The largest absolute Gasteiger partial charge is 0.494 e. The molecule has 1 heterocycles. The minimum atomic E-state index is -3.78. The smallest absolute Gasteiger partial charge is 0.263 e. The maximum atomic E-state index is 13.9. The monoisotopic (exact) mass is 347 g/mol. The molecule has 0 fully saturated rings. The molecular formula is C16H14FN3O3S. The number of benzene rings is 2. The lowest BCUT2D eigenvalue weighted by atomic mass is 10.1. The van der Waals surface area contributed by atoms with Gasteiger partial charge in [-0.1, -0.05) is 24.3 Å². The molecule has 0 radical (unpaired) electrons. The number of halogens is 1. The molecule has 0 aliphatic rings. The molecule has 0 bridgehead atoms. The number of hydrogen-bond donors (Lipinski definition) is 2. The normalized spacial score (nSPS) is 11.2. The highest BCUT2D eigenvalue weighted by Crippen LogP contribution is 2.30. The van der Waals surface area contributed by atoms with E-state index < -0.39 is 15.8 Å². The van der Waals surface area contributed by atoms with E-state index in [4.69, 9.17) is 4.74 Å². The van der Waals surface area contributed by atoms with Crippen LogP contribution in [-0.2, 0) is 10.0 Å². The Morgan fingerprint density at radius 3 is 2.58 bits per heavy atom. The van der Waals surface area contributed by atoms with Crippen LogP contribution < -0.4 is 9.46 Å². The van der Waals surface area contributed by atoms with Gasteiger partial charge >= 0.3 is 0 Å². The number of ether oxygens (including phenoxy) is 1. The summed E-state index contributed by atoms with van der Waals surface area (Å²) < 4.78 is 46.0. The zero-order valence-electron chi connectivity index (χ0n) is 12.7. The lowest BCUT2D eigenvalue weighted by molar-refractivity contribution is 0.386. The van der Waals surface area contributed by atoms with Crippen LogP contribution >= 0.6 is 0 Å². The summed E-state index contributed by atoms with van der Waals surface area (Å²) >= 11 is 0. The quantitative estimate of drug-likeness (QED) is 0.743. The number of nitrogens with one attached hydrogen (secondary N) is 2. The first-order chi connectivity index (χ1) is 11.5. The van der Waals surface area contributed by atoms with Gasteiger partial charge in [0.1, 0.15) is 5.82 Å². The van der Waals surface area contributed by atoms with E-state index in [1.165, 1.54) is 37.6 Å². The van der Waals surface area contributed by atoms with Crippen molar-refractivity contribution in [3.05, 3.63) is 60.5 Å². The summed E-state index contributed by atoms with van der Waals surface area (Å²) in [7, 11) is -2.41. The van der Waals surface area contributed by atoms with Crippen LogP contribution in [0.25, 0.3) is 11.1 Å². The number of rotatable bonds is 5. The van der Waals surface area contributed by atoms with E-state index in [9.17, 15) is 12.8 Å². The second-order valence-corrected chi connectivity index (χ2v) is 6.61. The minimum absolute atomic E-state index is 0.105. The van der Waals surface area contributed by atoms with E-state index in [0.717, 1.165) is 0 Å². The van der Waals surface area contributed by atoms with Crippen molar-refractivity contribution in [3.8, 4) is 16.9 Å². The Balaban J connectivity index is 1.95. The molecule has 0 aliphatic heterocycles. The van der Waals surface area contributed by atoms with Gasteiger partial charge in [0.15, 0.2) is 11.6 Å². The number of aromatic nitrogens is 2. The Morgan fingerprint density at radius 2 is 1.92 bits per heavy atom. The number of sulfonamides is 1. The molecule has 0 aliphatic carbocycles. The van der Waals surface area contributed by atoms with Crippen LogP contribution in [0.15, 0.2) is 59.6 Å². The third kappa shape index (κ3) is 3.09. The topological polar surface area (TPSA) is 84.1 Å². The van der Waals surface area contributed by atoms with Crippen molar-refractivity contribution < 1.29 is 17.5 Å². The molecule has 0 spiro atoms. The first-order valence-corrected chi connectivity index (χ1v) is 8.45. The molecular weight excluding hydrogens is 333 g/mol. The van der Waals surface area contributed by atoms with Gasteiger partial charge in [-0.2, -0.15) is 5.10 Å². The SMILES string of the molecule is COc1ccc(-c2cn[nH]c2NS(=O)(=O)c2ccccc2)cc1F. The Bertz CT molecular complexity index is 956. The lowest BCUT2D eigenvalue weighted by Crippen LogP contribution is -2.13. The van der Waals surface area contributed by atoms with Crippen molar-refractivity contribution in [2.24, 2.45) is 0 Å². The zero-order chi connectivity index (χ0) is 17.2. The summed E-state index contributed by atoms with van der Waals surface area (Å²) in [5.41, 5.74) is 0.892. The van der Waals surface area contributed by atoms with Crippen LogP contribution in [0, 0.1) is 5.82 Å². The van der Waals surface area contributed by atoms with E-state index in [-0.39, 0.29) is 16.5 Å². The number of aromatic amines is 1. The Morgan fingerprint density at radius 1 is 1.17 bits per heavy atom. The van der Waals surface area contributed by atoms with Crippen molar-refractivity contribution in [1.82, 2.24) is 10.2 Å². The third-order valence-corrected chi connectivity index (χ3v) is 4.76. The fraction of sp³-hybridized carbons (Fsp3) is 0.0625. The van der Waals surface area contributed by atoms with Crippen molar-refractivity contribution in [1.29, 1.82) is 0 Å². The maximum Gasteiger partial charge on any atom is 0.263 e. The first kappa shape index (κ1) is 16.0. The second kappa shape index (κ2) is 6.32. The van der Waals surface area contributed by atoms with E-state index in [2.05, 4.69) is 14.9 Å². The molecule has 0 atom stereocenters. The number of nitrogens with zero attached hydrogens (tertiary/aromatic N) is 1. The van der Waals surface area contributed by atoms with Gasteiger partial charge in [-0.05, 0) is 29.8 Å². The van der Waals surface area contributed by atoms with Gasteiger partial charge in [0.05, 0.1) is 18.2 Å². The summed E-state index contributed by atoms with van der Waals surface area (Å²) in [5, 5.41) is 6.43. The van der Waals surface area contributed by atoms with E-state index in [1.54, 1.807) is 24.3 Å². The molecule has 3 rings (SSSR count). The van der Waals surface area contributed by atoms with Crippen LogP contribution in [0.4, 0.5) is 10.2 Å². The van der Waals surface area contributed by atoms with Crippen LogP contribution in [0.1, 0.15) is 0 Å². The van der Waals surface area contributed by atoms with Crippen LogP contribution in [-0.4, -0.2) is 25.7 Å². The number of methoxy groups -OCH3 is 1. The molecule has 0 unspecified atom stereocenters. The van der Waals surface area contributed by atoms with Crippen LogP contribution in [0.2, 0.25) is 0 Å². The Labute approximate surface area is 138 Å². The predicted octanol–water partition coefficient (Wildman–Crippen LogP) is 3.03. The van der Waals surface area contributed by atoms with Gasteiger partial charge in [0.25, 0.3) is 10.0 Å². The molecule has 0 saturated carbocycles. The van der Waals surface area contributed by atoms with E-state index in [1.807, 2.05) is 0 Å². The zero-order valence-corrected chi connectivity index (χ0v) is 13.5. The summed E-state index contributed by atoms with van der Waals surface area (Å²) in [6, 6.07) is 12.3. The molecule has 8 heteroatoms. The fourth-order valence-electron chi connectivity index (χ4n) is 2.21. The molecule has 0 saturated heterocycles. The van der Waals surface area contributed by atoms with E-state index >= 15 is 0 Å². The second-order valence-electron chi connectivity index (χ2n) is 4.93. The third-order valence-electron chi connectivity index (χ3n) is 3.39. The van der Waals surface area contributed by atoms with Gasteiger partial charge in [0, 0.05) is 5.56 Å². The van der Waals surface area contributed by atoms with Crippen molar-refractivity contribution in [3.63, 3.8) is 0 Å². The molecule has 2 N–H and O–H groups in total. The molecule has 124 valence electrons. The number of H-pyrrole nitrogens is 1. The van der Waals surface area contributed by atoms with Gasteiger partial charge in [-0.3, -0.25) is 9.82 Å². The highest BCUT2D eigenvalue weighted by Gasteiger charge is 2.18. The van der Waals surface area contributed by atoms with Crippen LogP contribution in [0.3, 0.4) is 0 Å². The van der Waals surface area contributed by atoms with Gasteiger partial charge < -0.3 is 4.74 Å². The summed E-state index contributed by atoms with van der Waals surface area (Å²) in [6.45, 7) is 0. The van der Waals surface area contributed by atoms with Gasteiger partial charge in [-0.25, -0.2) is 12.8 Å². The molecule has 0 amide bonds. The summed E-state index contributed by atoms with van der Waals surface area (Å²) in [6.07, 6.45) is 1.42. The Hall–Kier alpha value is -2.87. The lowest BCUT2D eigenvalue weighted by Gasteiger charge is -2.09. The van der Waals surface area contributed by atoms with Crippen molar-refractivity contribution >= 4 is 15.8 Å². The molecule has 3 aromatic rings. The first-order valence-electron chi connectivity index (χ1n) is 6.96. The standard InChI is InChI=1S/C16H14FN3O3S/c1-23-15-8-7-11(9-14(15)17)13-10-18-19-16(13)20-24(21,22)12-5-3-2-4-6-12/h2-10H,1H3,(H2,18,19,20). The number of anilines is 1. The minimum Gasteiger partial charge on any atom is -0.494 e. The van der Waals surface area contributed by atoms with E-state index in [0.29, 0.717) is 11.1 Å². The predicted molar refractivity (Wildman–Crippen MR) is 87.8 cm³/mol. The van der Waals surface area contributed by atoms with Crippen molar-refractivity contribution in [2.75, 3.05) is 11.8 Å². The van der Waals surface area contributed by atoms with Crippen molar-refractivity contribution in [2.45, 2.75) is 4.90 Å². The van der Waals surface area contributed by atoms with Crippen LogP contribution in [0.5, 0.6) is 5.75 Å². The molecule has 24 heavy (non-hydrogen) atoms. The molecule has 6 nitrogen and oxygen atoms in total. The average Bonchev–Trinajstić information content (AvgIpc) is 3.03. The summed E-state index contributed by atoms with van der Waals surface area (Å²) in [4.78, 5) is 0.117. The maximum absolute atomic E-state index is 13.9. The Kier molecular flexibility index (Phi) is 4.22. The summed E-state index contributed by atoms with van der Waals surface area (Å²) in [5.74, 6) is -0.287. The highest BCUT2D eigenvalue weighted by atomic mass is 32.2. The fourth-order valence-corrected chi connectivity index (χ4v) is 3.27. The molecule has 2 aromatic carbocycles. The highest BCUT2D eigenvalue weighted by molar-refractivity contribution is 7.92. The molecule has 1 aromatic heterocycles. The number of hydrogen-bond acceptors (Lipinski definition) is 4. The van der Waals surface area contributed by atoms with Gasteiger partial charge in [-0.15, -0.1) is 0 Å². The van der Waals surface area contributed by atoms with Gasteiger partial charge in [0.2, 0.25) is 0 Å².